The van der Waals surface area contributed by atoms with Gasteiger partial charge in [-0.05, 0) is 60.6 Å². The lowest BCUT2D eigenvalue weighted by molar-refractivity contribution is 0.0671. The SMILES string of the molecule is CCCC(CCC)NN(C)CO.Cc1nc(-c2ccc3c(c2)C(C)(C)CCC3(C)C)cs1. The molecule has 2 N–H and O–H groups in total. The van der Waals surface area contributed by atoms with E-state index in [9.17, 15) is 0 Å². The number of aliphatic hydroxyl groups excluding tert-OH is 1. The van der Waals surface area contributed by atoms with Crippen LogP contribution in [0.15, 0.2) is 23.6 Å². The average Bonchev–Trinajstić information content (AvgIpc) is 3.18. The van der Waals surface area contributed by atoms with Gasteiger partial charge in [0.15, 0.2) is 0 Å². The van der Waals surface area contributed by atoms with Gasteiger partial charge in [-0.2, -0.15) is 0 Å². The van der Waals surface area contributed by atoms with Gasteiger partial charge in [0.05, 0.1) is 10.7 Å². The van der Waals surface area contributed by atoms with Crippen molar-refractivity contribution in [2.75, 3.05) is 13.8 Å². The number of hydrazine groups is 1. The molecule has 0 amide bonds. The van der Waals surface area contributed by atoms with Crippen LogP contribution >= 0.6 is 11.3 Å². The molecule has 1 aliphatic carbocycles. The first-order chi connectivity index (χ1) is 15.0. The zero-order chi connectivity index (χ0) is 23.9. The zero-order valence-electron chi connectivity index (χ0n) is 21.6. The highest BCUT2D eigenvalue weighted by atomic mass is 32.1. The van der Waals surface area contributed by atoms with Crippen LogP contribution in [0.2, 0.25) is 0 Å². The summed E-state index contributed by atoms with van der Waals surface area (Å²) >= 11 is 1.73. The molecular formula is C27H45N3OS. The van der Waals surface area contributed by atoms with Crippen LogP contribution < -0.4 is 5.43 Å². The molecule has 1 aromatic heterocycles. The first-order valence-electron chi connectivity index (χ1n) is 12.2. The summed E-state index contributed by atoms with van der Waals surface area (Å²) in [5.74, 6) is 0. The number of aromatic nitrogens is 1. The van der Waals surface area contributed by atoms with E-state index in [1.54, 1.807) is 16.3 Å². The zero-order valence-corrected chi connectivity index (χ0v) is 22.4. The Morgan fingerprint density at radius 3 is 2.16 bits per heavy atom. The molecule has 0 saturated carbocycles. The van der Waals surface area contributed by atoms with Gasteiger partial charge in [-0.15, -0.1) is 11.3 Å². The summed E-state index contributed by atoms with van der Waals surface area (Å²) in [7, 11) is 1.86. The Labute approximate surface area is 200 Å². The fourth-order valence-corrected chi connectivity index (χ4v) is 5.19. The molecule has 0 bridgehead atoms. The molecule has 5 heteroatoms. The molecule has 1 heterocycles. The second-order valence-electron chi connectivity index (χ2n) is 10.5. The van der Waals surface area contributed by atoms with Crippen LogP contribution in [0.1, 0.15) is 96.2 Å². The van der Waals surface area contributed by atoms with Crippen LogP contribution in [-0.4, -0.2) is 34.9 Å². The van der Waals surface area contributed by atoms with E-state index in [1.807, 2.05) is 7.05 Å². The highest BCUT2D eigenvalue weighted by Crippen LogP contribution is 2.46. The standard InChI is InChI=1S/C18H23NS.C9H22N2O/c1-12-19-16(11-20-12)13-6-7-14-15(10-13)18(4,5)9-8-17(14,2)3;1-4-6-9(7-5-2)10-11(3)8-12/h6-7,10-11H,8-9H2,1-5H3;9-10,12H,4-8H2,1-3H3. The van der Waals surface area contributed by atoms with Gasteiger partial charge in [-0.1, -0.05) is 66.5 Å². The largest absolute Gasteiger partial charge is 0.380 e. The Hall–Kier alpha value is -1.27. The highest BCUT2D eigenvalue weighted by Gasteiger charge is 2.37. The average molecular weight is 460 g/mol. The molecule has 0 aliphatic heterocycles. The molecule has 0 unspecified atom stereocenters. The Kier molecular flexibility index (Phi) is 9.89. The molecular weight excluding hydrogens is 414 g/mol. The number of nitrogens with one attached hydrogen (secondary N) is 1. The van der Waals surface area contributed by atoms with E-state index in [0.29, 0.717) is 11.5 Å². The minimum absolute atomic E-state index is 0.0733. The van der Waals surface area contributed by atoms with Crippen molar-refractivity contribution in [2.24, 2.45) is 0 Å². The van der Waals surface area contributed by atoms with Crippen molar-refractivity contribution in [1.29, 1.82) is 0 Å². The Bertz CT molecular complexity index is 837. The summed E-state index contributed by atoms with van der Waals surface area (Å²) in [4.78, 5) is 4.63. The Morgan fingerprint density at radius 2 is 1.66 bits per heavy atom. The van der Waals surface area contributed by atoms with E-state index in [2.05, 4.69) is 82.5 Å². The van der Waals surface area contributed by atoms with E-state index < -0.39 is 0 Å². The van der Waals surface area contributed by atoms with Gasteiger partial charge in [0.2, 0.25) is 0 Å². The van der Waals surface area contributed by atoms with Crippen molar-refractivity contribution >= 4 is 11.3 Å². The second kappa shape index (κ2) is 11.7. The number of nitrogens with zero attached hydrogens (tertiary/aromatic N) is 2. The number of aryl methyl sites for hydroxylation is 1. The molecule has 0 spiro atoms. The van der Waals surface area contributed by atoms with Crippen LogP contribution in [0.5, 0.6) is 0 Å². The van der Waals surface area contributed by atoms with Gasteiger partial charge in [0.1, 0.15) is 6.73 Å². The molecule has 180 valence electrons. The number of rotatable bonds is 8. The molecule has 3 rings (SSSR count). The third kappa shape index (κ3) is 7.11. The predicted molar refractivity (Wildman–Crippen MR) is 139 cm³/mol. The summed E-state index contributed by atoms with van der Waals surface area (Å²) < 4.78 is 0. The second-order valence-corrected chi connectivity index (χ2v) is 11.6. The van der Waals surface area contributed by atoms with Gasteiger partial charge in [-0.25, -0.2) is 9.99 Å². The van der Waals surface area contributed by atoms with Crippen LogP contribution in [0.3, 0.4) is 0 Å². The van der Waals surface area contributed by atoms with Crippen LogP contribution in [0, 0.1) is 6.92 Å². The molecule has 1 aliphatic rings. The van der Waals surface area contributed by atoms with E-state index in [4.69, 9.17) is 5.11 Å². The maximum Gasteiger partial charge on any atom is 0.108 e. The van der Waals surface area contributed by atoms with Crippen molar-refractivity contribution in [1.82, 2.24) is 15.4 Å². The number of hydrogen-bond donors (Lipinski definition) is 2. The minimum Gasteiger partial charge on any atom is -0.380 e. The van der Waals surface area contributed by atoms with Crippen molar-refractivity contribution in [3.05, 3.63) is 39.7 Å². The number of benzene rings is 1. The van der Waals surface area contributed by atoms with E-state index in [1.165, 1.54) is 55.2 Å². The van der Waals surface area contributed by atoms with Gasteiger partial charge in [0, 0.05) is 24.0 Å². The molecule has 2 aromatic rings. The van der Waals surface area contributed by atoms with Crippen molar-refractivity contribution in [3.63, 3.8) is 0 Å². The number of hydrogen-bond acceptors (Lipinski definition) is 5. The Morgan fingerprint density at radius 1 is 1.06 bits per heavy atom. The maximum absolute atomic E-state index is 8.78. The number of aliphatic hydroxyl groups is 1. The molecule has 32 heavy (non-hydrogen) atoms. The molecule has 0 saturated heterocycles. The van der Waals surface area contributed by atoms with Crippen molar-refractivity contribution in [3.8, 4) is 11.3 Å². The quantitative estimate of drug-likeness (QED) is 0.336. The summed E-state index contributed by atoms with van der Waals surface area (Å²) in [6.07, 6.45) is 7.26. The van der Waals surface area contributed by atoms with Gasteiger partial charge >= 0.3 is 0 Å². The number of thiazole rings is 1. The van der Waals surface area contributed by atoms with E-state index in [0.717, 1.165) is 10.7 Å². The molecule has 0 radical (unpaired) electrons. The summed E-state index contributed by atoms with van der Waals surface area (Å²) in [5, 5.41) is 13.8. The number of fused-ring (bicyclic) bond motifs is 1. The van der Waals surface area contributed by atoms with E-state index >= 15 is 0 Å². The fraction of sp³-hybridized carbons (Fsp3) is 0.667. The van der Waals surface area contributed by atoms with Crippen LogP contribution in [-0.2, 0) is 10.8 Å². The third-order valence-electron chi connectivity index (χ3n) is 6.66. The lowest BCUT2D eigenvalue weighted by Gasteiger charge is -2.42. The lowest BCUT2D eigenvalue weighted by Crippen LogP contribution is -2.42. The summed E-state index contributed by atoms with van der Waals surface area (Å²) in [6.45, 7) is 16.0. The van der Waals surface area contributed by atoms with Crippen LogP contribution in [0.4, 0.5) is 0 Å². The molecule has 0 fully saturated rings. The first kappa shape index (κ1) is 27.0. The third-order valence-corrected chi connectivity index (χ3v) is 7.43. The topological polar surface area (TPSA) is 48.4 Å². The normalized spacial score (nSPS) is 16.6. The van der Waals surface area contributed by atoms with Crippen molar-refractivity contribution < 1.29 is 5.11 Å². The van der Waals surface area contributed by atoms with Crippen LogP contribution in [0.25, 0.3) is 11.3 Å². The monoisotopic (exact) mass is 459 g/mol. The predicted octanol–water partition coefficient (Wildman–Crippen LogP) is 6.81. The fourth-order valence-electron chi connectivity index (χ4n) is 4.57. The smallest absolute Gasteiger partial charge is 0.108 e. The summed E-state index contributed by atoms with van der Waals surface area (Å²) in [5.41, 5.74) is 9.23. The minimum atomic E-state index is 0.0733. The van der Waals surface area contributed by atoms with Crippen molar-refractivity contribution in [2.45, 2.75) is 104 Å². The van der Waals surface area contributed by atoms with Gasteiger partial charge in [-0.3, -0.25) is 5.43 Å². The molecule has 0 atom stereocenters. The maximum atomic E-state index is 8.78. The Balaban J connectivity index is 0.000000262. The molecule has 1 aromatic carbocycles. The van der Waals surface area contributed by atoms with Gasteiger partial charge < -0.3 is 5.11 Å². The first-order valence-corrected chi connectivity index (χ1v) is 13.1. The lowest BCUT2D eigenvalue weighted by atomic mass is 9.63. The summed E-state index contributed by atoms with van der Waals surface area (Å²) in [6, 6.07) is 7.48. The van der Waals surface area contributed by atoms with Gasteiger partial charge in [0.25, 0.3) is 0 Å². The van der Waals surface area contributed by atoms with E-state index in [-0.39, 0.29) is 12.1 Å². The molecule has 4 nitrogen and oxygen atoms in total. The highest BCUT2D eigenvalue weighted by molar-refractivity contribution is 7.09.